The number of hydrogen-bond acceptors (Lipinski definition) is 3. The van der Waals surface area contributed by atoms with Gasteiger partial charge in [-0.25, -0.2) is 9.69 Å². The van der Waals surface area contributed by atoms with Crippen LogP contribution >= 0.6 is 0 Å². The minimum Gasteiger partial charge on any atom is -0.478 e. The molecule has 1 spiro atoms. The third-order valence-electron chi connectivity index (χ3n) is 4.58. The van der Waals surface area contributed by atoms with Crippen molar-refractivity contribution in [2.45, 2.75) is 39.0 Å². The molecule has 3 rings (SSSR count). The number of rotatable bonds is 2. The SMILES string of the molecule is Cc1ccc(N2C(=O)CC3(CCCC3)C2=O)c(C(=O)O)c1. The number of benzene rings is 1. The zero-order valence-corrected chi connectivity index (χ0v) is 11.9. The Hall–Kier alpha value is -2.17. The molecule has 0 unspecified atom stereocenters. The maximum absolute atomic E-state index is 12.7. The standard InChI is InChI=1S/C16H17NO4/c1-10-4-5-12(11(8-10)14(19)20)17-13(18)9-16(15(17)21)6-2-3-7-16/h4-5,8H,2-3,6-7,9H2,1H3,(H,19,20). The summed E-state index contributed by atoms with van der Waals surface area (Å²) in [5.41, 5.74) is 0.405. The van der Waals surface area contributed by atoms with Crippen molar-refractivity contribution in [3.63, 3.8) is 0 Å². The number of aromatic carboxylic acids is 1. The van der Waals surface area contributed by atoms with E-state index >= 15 is 0 Å². The van der Waals surface area contributed by atoms with Gasteiger partial charge in [-0.2, -0.15) is 0 Å². The van der Waals surface area contributed by atoms with Gasteiger partial charge in [-0.15, -0.1) is 0 Å². The van der Waals surface area contributed by atoms with Crippen molar-refractivity contribution in [1.29, 1.82) is 0 Å². The Balaban J connectivity index is 2.07. The molecule has 0 atom stereocenters. The lowest BCUT2D eigenvalue weighted by atomic mass is 9.84. The second-order valence-corrected chi connectivity index (χ2v) is 6.02. The average Bonchev–Trinajstić information content (AvgIpc) is 2.98. The largest absolute Gasteiger partial charge is 0.478 e. The van der Waals surface area contributed by atoms with Crippen molar-refractivity contribution < 1.29 is 19.5 Å². The predicted molar refractivity (Wildman–Crippen MR) is 76.1 cm³/mol. The number of carbonyl (C=O) groups excluding carboxylic acids is 2. The van der Waals surface area contributed by atoms with Crippen LogP contribution in [0.2, 0.25) is 0 Å². The van der Waals surface area contributed by atoms with E-state index in [1.54, 1.807) is 19.1 Å². The number of aryl methyl sites for hydroxylation is 1. The molecule has 0 bridgehead atoms. The highest BCUT2D eigenvalue weighted by atomic mass is 16.4. The van der Waals surface area contributed by atoms with Crippen molar-refractivity contribution >= 4 is 23.5 Å². The Labute approximate surface area is 122 Å². The number of hydrogen-bond donors (Lipinski definition) is 1. The van der Waals surface area contributed by atoms with Crippen molar-refractivity contribution in [3.8, 4) is 0 Å². The quantitative estimate of drug-likeness (QED) is 0.848. The first-order valence-corrected chi connectivity index (χ1v) is 7.16. The molecule has 1 saturated carbocycles. The van der Waals surface area contributed by atoms with Gasteiger partial charge in [0, 0.05) is 6.42 Å². The second kappa shape index (κ2) is 4.69. The van der Waals surface area contributed by atoms with Gasteiger partial charge in [-0.05, 0) is 31.9 Å². The molecule has 21 heavy (non-hydrogen) atoms. The maximum Gasteiger partial charge on any atom is 0.337 e. The van der Waals surface area contributed by atoms with Gasteiger partial charge in [0.2, 0.25) is 11.8 Å². The molecule has 1 aromatic carbocycles. The number of carbonyl (C=O) groups is 3. The van der Waals surface area contributed by atoms with Crippen LogP contribution in [-0.4, -0.2) is 22.9 Å². The molecule has 1 aliphatic carbocycles. The van der Waals surface area contributed by atoms with E-state index in [2.05, 4.69) is 0 Å². The zero-order chi connectivity index (χ0) is 15.2. The number of carboxylic acids is 1. The van der Waals surface area contributed by atoms with Crippen LogP contribution in [0.3, 0.4) is 0 Å². The summed E-state index contributed by atoms with van der Waals surface area (Å²) in [4.78, 5) is 37.5. The fraction of sp³-hybridized carbons (Fsp3) is 0.438. The Morgan fingerprint density at radius 1 is 1.24 bits per heavy atom. The molecule has 2 amide bonds. The summed E-state index contributed by atoms with van der Waals surface area (Å²) in [6.07, 6.45) is 3.56. The number of imide groups is 1. The molecule has 2 aliphatic rings. The van der Waals surface area contributed by atoms with Gasteiger partial charge in [0.05, 0.1) is 16.7 Å². The van der Waals surface area contributed by atoms with Gasteiger partial charge in [-0.3, -0.25) is 9.59 Å². The number of carboxylic acid groups (broad SMARTS) is 1. The van der Waals surface area contributed by atoms with Gasteiger partial charge in [-0.1, -0.05) is 24.5 Å². The average molecular weight is 287 g/mol. The molecule has 0 radical (unpaired) electrons. The highest BCUT2D eigenvalue weighted by Crippen LogP contribution is 2.48. The summed E-state index contributed by atoms with van der Waals surface area (Å²) in [6.45, 7) is 1.78. The molecule has 0 aromatic heterocycles. The fourth-order valence-corrected chi connectivity index (χ4v) is 3.50. The first kappa shape index (κ1) is 13.8. The van der Waals surface area contributed by atoms with Crippen LogP contribution in [0.1, 0.15) is 48.0 Å². The lowest BCUT2D eigenvalue weighted by molar-refractivity contribution is -0.125. The van der Waals surface area contributed by atoms with Crippen LogP contribution in [0.5, 0.6) is 0 Å². The molecule has 1 N–H and O–H groups in total. The van der Waals surface area contributed by atoms with Crippen molar-refractivity contribution in [1.82, 2.24) is 0 Å². The van der Waals surface area contributed by atoms with E-state index in [0.29, 0.717) is 0 Å². The van der Waals surface area contributed by atoms with E-state index in [1.165, 1.54) is 6.07 Å². The van der Waals surface area contributed by atoms with Crippen LogP contribution in [0.15, 0.2) is 18.2 Å². The van der Waals surface area contributed by atoms with Gasteiger partial charge >= 0.3 is 5.97 Å². The molecular weight excluding hydrogens is 270 g/mol. The van der Waals surface area contributed by atoms with Crippen LogP contribution in [0.25, 0.3) is 0 Å². The van der Waals surface area contributed by atoms with Gasteiger partial charge in [0.1, 0.15) is 0 Å². The molecule has 1 saturated heterocycles. The Morgan fingerprint density at radius 2 is 1.90 bits per heavy atom. The van der Waals surface area contributed by atoms with Crippen LogP contribution in [-0.2, 0) is 9.59 Å². The lowest BCUT2D eigenvalue weighted by Crippen LogP contribution is -2.35. The van der Waals surface area contributed by atoms with E-state index < -0.39 is 11.4 Å². The molecule has 110 valence electrons. The van der Waals surface area contributed by atoms with Crippen molar-refractivity contribution in [3.05, 3.63) is 29.3 Å². The Kier molecular flexibility index (Phi) is 3.08. The van der Waals surface area contributed by atoms with Gasteiger partial charge in [0.15, 0.2) is 0 Å². The molecule has 2 fully saturated rings. The lowest BCUT2D eigenvalue weighted by Gasteiger charge is -2.22. The maximum atomic E-state index is 12.7. The van der Waals surface area contributed by atoms with Crippen molar-refractivity contribution in [2.75, 3.05) is 4.90 Å². The summed E-state index contributed by atoms with van der Waals surface area (Å²) in [6, 6.07) is 4.78. The normalized spacial score (nSPS) is 20.5. The number of anilines is 1. The molecule has 1 aliphatic heterocycles. The van der Waals surface area contributed by atoms with E-state index in [9.17, 15) is 19.5 Å². The molecule has 5 nitrogen and oxygen atoms in total. The summed E-state index contributed by atoms with van der Waals surface area (Å²) >= 11 is 0. The number of nitrogens with zero attached hydrogens (tertiary/aromatic N) is 1. The smallest absolute Gasteiger partial charge is 0.337 e. The third kappa shape index (κ3) is 2.04. The van der Waals surface area contributed by atoms with E-state index in [-0.39, 0.29) is 29.5 Å². The highest BCUT2D eigenvalue weighted by Gasteiger charge is 2.53. The first-order valence-electron chi connectivity index (χ1n) is 7.16. The summed E-state index contributed by atoms with van der Waals surface area (Å²) < 4.78 is 0. The topological polar surface area (TPSA) is 74.7 Å². The molecule has 5 heteroatoms. The molecule has 1 heterocycles. The molecule has 1 aromatic rings. The number of amides is 2. The Bertz CT molecular complexity index is 644. The second-order valence-electron chi connectivity index (χ2n) is 6.02. The van der Waals surface area contributed by atoms with Crippen LogP contribution < -0.4 is 4.90 Å². The van der Waals surface area contributed by atoms with Crippen LogP contribution in [0, 0.1) is 12.3 Å². The Morgan fingerprint density at radius 3 is 2.52 bits per heavy atom. The minimum absolute atomic E-state index is 0.00625. The van der Waals surface area contributed by atoms with Gasteiger partial charge in [0.25, 0.3) is 0 Å². The summed E-state index contributed by atoms with van der Waals surface area (Å²) in [5, 5.41) is 9.33. The summed E-state index contributed by atoms with van der Waals surface area (Å²) in [7, 11) is 0. The zero-order valence-electron chi connectivity index (χ0n) is 11.9. The molecular formula is C16H17NO4. The van der Waals surface area contributed by atoms with Crippen LogP contribution in [0.4, 0.5) is 5.69 Å². The minimum atomic E-state index is -1.12. The third-order valence-corrected chi connectivity index (χ3v) is 4.58. The van der Waals surface area contributed by atoms with E-state index in [4.69, 9.17) is 0 Å². The van der Waals surface area contributed by atoms with Crippen molar-refractivity contribution in [2.24, 2.45) is 5.41 Å². The highest BCUT2D eigenvalue weighted by molar-refractivity contribution is 6.24. The first-order chi connectivity index (χ1) is 9.94. The van der Waals surface area contributed by atoms with E-state index in [0.717, 1.165) is 36.1 Å². The fourth-order valence-electron chi connectivity index (χ4n) is 3.50. The predicted octanol–water partition coefficient (Wildman–Crippen LogP) is 2.52. The monoisotopic (exact) mass is 287 g/mol. The van der Waals surface area contributed by atoms with Gasteiger partial charge < -0.3 is 5.11 Å². The summed E-state index contributed by atoms with van der Waals surface area (Å²) in [5.74, 6) is -1.63. The van der Waals surface area contributed by atoms with E-state index in [1.807, 2.05) is 0 Å².